The van der Waals surface area contributed by atoms with Gasteiger partial charge in [-0.3, -0.25) is 0 Å². The van der Waals surface area contributed by atoms with Gasteiger partial charge in [0.2, 0.25) is 0 Å². The Morgan fingerprint density at radius 3 is 3.15 bits per heavy atom. The molecule has 0 amide bonds. The fourth-order valence-electron chi connectivity index (χ4n) is 1.25. The molecule has 13 heavy (non-hydrogen) atoms. The number of aromatic nitrogens is 2. The molecule has 0 radical (unpaired) electrons. The van der Waals surface area contributed by atoms with Crippen molar-refractivity contribution in [3.63, 3.8) is 0 Å². The molecule has 2 rings (SSSR count). The van der Waals surface area contributed by atoms with Crippen molar-refractivity contribution in [1.82, 2.24) is 9.72 Å². The first-order valence-corrected chi connectivity index (χ1v) is 4.03. The van der Waals surface area contributed by atoms with Crippen LogP contribution in [0.4, 0.5) is 0 Å². The summed E-state index contributed by atoms with van der Waals surface area (Å²) in [5, 5.41) is 12.6. The van der Waals surface area contributed by atoms with Crippen LogP contribution >= 0.6 is 0 Å². The van der Waals surface area contributed by atoms with E-state index in [1.807, 2.05) is 22.9 Å². The molecule has 4 heteroatoms. The topological polar surface area (TPSA) is 51.2 Å². The summed E-state index contributed by atoms with van der Waals surface area (Å²) in [7, 11) is 0. The van der Waals surface area contributed by atoms with Gasteiger partial charge in [0.15, 0.2) is 0 Å². The van der Waals surface area contributed by atoms with Gasteiger partial charge in [-0.2, -0.15) is 0 Å². The van der Waals surface area contributed by atoms with Gasteiger partial charge < -0.3 is 14.2 Å². The summed E-state index contributed by atoms with van der Waals surface area (Å²) in [5.74, 6) is 0. The number of aliphatic hydroxyl groups excluding tert-OH is 1. The molecule has 0 aliphatic carbocycles. The number of nitrogens with zero attached hydrogens (tertiary/aromatic N) is 2. The smallest absolute Gasteiger partial charge is 0.128 e. The summed E-state index contributed by atoms with van der Waals surface area (Å²) in [6.07, 6.45) is 5.18. The van der Waals surface area contributed by atoms with Crippen LogP contribution in [0.1, 0.15) is 11.3 Å². The standard InChI is InChI=1S/C9H10N2O2/c12-6-9-2-1-3-11(9)5-8-4-10-13-7-8/h1-4,7,12H,5-6H2. The molecule has 1 N–H and O–H groups in total. The number of hydrogen-bond acceptors (Lipinski definition) is 3. The number of aliphatic hydroxyl groups is 1. The molecule has 4 nitrogen and oxygen atoms in total. The number of rotatable bonds is 3. The molecule has 0 aliphatic heterocycles. The van der Waals surface area contributed by atoms with E-state index >= 15 is 0 Å². The molecule has 2 aromatic rings. The summed E-state index contributed by atoms with van der Waals surface area (Å²) >= 11 is 0. The predicted molar refractivity (Wildman–Crippen MR) is 46.0 cm³/mol. The van der Waals surface area contributed by atoms with E-state index in [9.17, 15) is 0 Å². The zero-order valence-corrected chi connectivity index (χ0v) is 7.05. The summed E-state index contributed by atoms with van der Waals surface area (Å²) in [5.41, 5.74) is 1.88. The van der Waals surface area contributed by atoms with Crippen molar-refractivity contribution < 1.29 is 9.63 Å². The first-order chi connectivity index (χ1) is 6.40. The van der Waals surface area contributed by atoms with Crippen molar-refractivity contribution in [2.75, 3.05) is 0 Å². The maximum absolute atomic E-state index is 8.98. The molecule has 0 aliphatic rings. The zero-order valence-electron chi connectivity index (χ0n) is 7.05. The zero-order chi connectivity index (χ0) is 9.10. The second kappa shape index (κ2) is 3.45. The van der Waals surface area contributed by atoms with Crippen LogP contribution in [0.3, 0.4) is 0 Å². The molecule has 0 fully saturated rings. The van der Waals surface area contributed by atoms with Crippen molar-refractivity contribution in [2.45, 2.75) is 13.2 Å². The van der Waals surface area contributed by atoms with E-state index in [0.29, 0.717) is 6.54 Å². The van der Waals surface area contributed by atoms with Crippen LogP contribution in [0.2, 0.25) is 0 Å². The molecule has 0 spiro atoms. The maximum Gasteiger partial charge on any atom is 0.128 e. The van der Waals surface area contributed by atoms with E-state index in [4.69, 9.17) is 9.63 Å². The highest BCUT2D eigenvalue weighted by Gasteiger charge is 2.01. The third kappa shape index (κ3) is 1.62. The normalized spacial score (nSPS) is 10.5. The van der Waals surface area contributed by atoms with Gasteiger partial charge in [-0.1, -0.05) is 5.16 Å². The fourth-order valence-corrected chi connectivity index (χ4v) is 1.25. The minimum absolute atomic E-state index is 0.0538. The van der Waals surface area contributed by atoms with E-state index in [1.54, 1.807) is 12.5 Å². The van der Waals surface area contributed by atoms with Crippen molar-refractivity contribution in [2.24, 2.45) is 0 Å². The quantitative estimate of drug-likeness (QED) is 0.763. The molecule has 0 atom stereocenters. The van der Waals surface area contributed by atoms with Gasteiger partial charge in [0.25, 0.3) is 0 Å². The number of hydrogen-bond donors (Lipinski definition) is 1. The molecule has 0 bridgehead atoms. The van der Waals surface area contributed by atoms with E-state index < -0.39 is 0 Å². The molecular weight excluding hydrogens is 168 g/mol. The van der Waals surface area contributed by atoms with Gasteiger partial charge in [-0.15, -0.1) is 0 Å². The van der Waals surface area contributed by atoms with Crippen molar-refractivity contribution in [3.8, 4) is 0 Å². The fraction of sp³-hybridized carbons (Fsp3) is 0.222. The monoisotopic (exact) mass is 178 g/mol. The predicted octanol–water partition coefficient (Wildman–Crippen LogP) is 1.02. The summed E-state index contributed by atoms with van der Waals surface area (Å²) in [4.78, 5) is 0. The Bertz CT molecular complexity index is 365. The maximum atomic E-state index is 8.98. The Hall–Kier alpha value is -1.55. The summed E-state index contributed by atoms with van der Waals surface area (Å²) < 4.78 is 6.66. The van der Waals surface area contributed by atoms with Crippen molar-refractivity contribution >= 4 is 0 Å². The van der Waals surface area contributed by atoms with Gasteiger partial charge in [0, 0.05) is 17.5 Å². The third-order valence-electron chi connectivity index (χ3n) is 1.92. The van der Waals surface area contributed by atoms with E-state index in [1.165, 1.54) is 0 Å². The lowest BCUT2D eigenvalue weighted by Crippen LogP contribution is -2.01. The average molecular weight is 178 g/mol. The summed E-state index contributed by atoms with van der Waals surface area (Å²) in [6.45, 7) is 0.741. The lowest BCUT2D eigenvalue weighted by Gasteiger charge is -2.03. The lowest BCUT2D eigenvalue weighted by molar-refractivity contribution is 0.271. The van der Waals surface area contributed by atoms with Crippen LogP contribution in [0, 0.1) is 0 Å². The second-order valence-electron chi connectivity index (χ2n) is 2.82. The Morgan fingerprint density at radius 1 is 1.54 bits per heavy atom. The van der Waals surface area contributed by atoms with Crippen LogP contribution < -0.4 is 0 Å². The molecule has 68 valence electrons. The Labute approximate surface area is 75.4 Å². The molecule has 2 aromatic heterocycles. The average Bonchev–Trinajstić information content (AvgIpc) is 2.76. The molecule has 2 heterocycles. The van der Waals surface area contributed by atoms with Crippen molar-refractivity contribution in [3.05, 3.63) is 42.0 Å². The van der Waals surface area contributed by atoms with Gasteiger partial charge in [-0.25, -0.2) is 0 Å². The van der Waals surface area contributed by atoms with Crippen LogP contribution in [0.25, 0.3) is 0 Å². The van der Waals surface area contributed by atoms with Crippen LogP contribution in [-0.2, 0) is 13.2 Å². The van der Waals surface area contributed by atoms with Crippen LogP contribution in [0.15, 0.2) is 35.3 Å². The Kier molecular flexibility index (Phi) is 2.14. The van der Waals surface area contributed by atoms with Crippen molar-refractivity contribution in [1.29, 1.82) is 0 Å². The summed E-state index contributed by atoms with van der Waals surface area (Å²) in [6, 6.07) is 3.78. The highest BCUT2D eigenvalue weighted by Crippen LogP contribution is 2.06. The van der Waals surface area contributed by atoms with Crippen LogP contribution in [0.5, 0.6) is 0 Å². The van der Waals surface area contributed by atoms with Gasteiger partial charge in [0.1, 0.15) is 6.26 Å². The van der Waals surface area contributed by atoms with Gasteiger partial charge >= 0.3 is 0 Å². The van der Waals surface area contributed by atoms with Gasteiger partial charge in [0.05, 0.1) is 19.3 Å². The first-order valence-electron chi connectivity index (χ1n) is 4.03. The first kappa shape index (κ1) is 8.07. The molecule has 0 saturated heterocycles. The minimum atomic E-state index is 0.0538. The Morgan fingerprint density at radius 2 is 2.46 bits per heavy atom. The van der Waals surface area contributed by atoms with Gasteiger partial charge in [-0.05, 0) is 12.1 Å². The molecular formula is C9H10N2O2. The minimum Gasteiger partial charge on any atom is -0.390 e. The highest BCUT2D eigenvalue weighted by molar-refractivity contribution is 5.10. The Balaban J connectivity index is 2.18. The van der Waals surface area contributed by atoms with Crippen LogP contribution in [-0.4, -0.2) is 14.8 Å². The molecule has 0 aromatic carbocycles. The van der Waals surface area contributed by atoms with E-state index in [-0.39, 0.29) is 6.61 Å². The third-order valence-corrected chi connectivity index (χ3v) is 1.92. The van der Waals surface area contributed by atoms with E-state index in [0.717, 1.165) is 11.3 Å². The molecule has 0 saturated carbocycles. The van der Waals surface area contributed by atoms with E-state index in [2.05, 4.69) is 5.16 Å². The largest absolute Gasteiger partial charge is 0.390 e. The molecule has 0 unspecified atom stereocenters. The SMILES string of the molecule is OCc1cccn1Cc1cnoc1. The highest BCUT2D eigenvalue weighted by atomic mass is 16.5. The lowest BCUT2D eigenvalue weighted by atomic mass is 10.3. The second-order valence-corrected chi connectivity index (χ2v) is 2.82.